The number of alkyl halides is 3. The number of nitrogens with zero attached hydrogens (tertiary/aromatic N) is 4. The fourth-order valence-electron chi connectivity index (χ4n) is 1.78. The van der Waals surface area contributed by atoms with Crippen molar-refractivity contribution in [1.82, 2.24) is 19.5 Å². The number of halogens is 3. The molecule has 0 N–H and O–H groups in total. The summed E-state index contributed by atoms with van der Waals surface area (Å²) >= 11 is 0.854. The molecule has 3 aromatic rings. The van der Waals surface area contributed by atoms with Crippen LogP contribution >= 0.6 is 11.3 Å². The summed E-state index contributed by atoms with van der Waals surface area (Å²) in [4.78, 5) is 23.6. The van der Waals surface area contributed by atoms with Crippen LogP contribution in [0, 0.1) is 0 Å². The van der Waals surface area contributed by atoms with Gasteiger partial charge < -0.3 is 0 Å². The van der Waals surface area contributed by atoms with Crippen molar-refractivity contribution >= 4 is 22.2 Å². The van der Waals surface area contributed by atoms with Crippen LogP contribution in [0.15, 0.2) is 35.0 Å². The second kappa shape index (κ2) is 4.92. The van der Waals surface area contributed by atoms with E-state index < -0.39 is 11.9 Å². The Labute approximate surface area is 119 Å². The summed E-state index contributed by atoms with van der Waals surface area (Å²) in [6, 6.07) is 1.52. The lowest BCUT2D eigenvalue weighted by Crippen LogP contribution is -2.21. The van der Waals surface area contributed by atoms with E-state index in [-0.39, 0.29) is 17.1 Å². The van der Waals surface area contributed by atoms with Gasteiger partial charge in [-0.1, -0.05) is 0 Å². The molecule has 0 saturated carbocycles. The zero-order valence-electron chi connectivity index (χ0n) is 10.3. The lowest BCUT2D eigenvalue weighted by molar-refractivity contribution is -0.140. The van der Waals surface area contributed by atoms with E-state index in [1.54, 1.807) is 0 Å². The fourth-order valence-corrected chi connectivity index (χ4v) is 2.58. The van der Waals surface area contributed by atoms with Gasteiger partial charge in [-0.05, 0) is 6.07 Å². The predicted octanol–water partition coefficient (Wildman–Crippen LogP) is 2.32. The van der Waals surface area contributed by atoms with Gasteiger partial charge in [-0.3, -0.25) is 14.3 Å². The second-order valence-corrected chi connectivity index (χ2v) is 5.14. The molecule has 3 heterocycles. The third-order valence-electron chi connectivity index (χ3n) is 2.78. The molecule has 0 aliphatic carbocycles. The van der Waals surface area contributed by atoms with E-state index in [4.69, 9.17) is 0 Å². The summed E-state index contributed by atoms with van der Waals surface area (Å²) in [5.41, 5.74) is -0.853. The zero-order valence-corrected chi connectivity index (χ0v) is 11.1. The number of fused-ring (bicyclic) bond motifs is 1. The number of pyridine rings is 1. The van der Waals surface area contributed by atoms with Crippen LogP contribution in [-0.4, -0.2) is 19.5 Å². The van der Waals surface area contributed by atoms with E-state index in [9.17, 15) is 18.0 Å². The largest absolute Gasteiger partial charge is 0.434 e. The molecule has 108 valence electrons. The van der Waals surface area contributed by atoms with Crippen LogP contribution in [0.25, 0.3) is 10.9 Å². The summed E-state index contributed by atoms with van der Waals surface area (Å²) in [5.74, 6) is 0. The van der Waals surface area contributed by atoms with Crippen LogP contribution in [0.3, 0.4) is 0 Å². The number of rotatable bonds is 2. The molecule has 0 radical (unpaired) electrons. The minimum atomic E-state index is -4.48. The zero-order chi connectivity index (χ0) is 15.0. The van der Waals surface area contributed by atoms with Gasteiger partial charge in [0.05, 0.1) is 30.0 Å². The van der Waals surface area contributed by atoms with E-state index in [0.717, 1.165) is 16.7 Å². The first-order valence-electron chi connectivity index (χ1n) is 5.76. The maximum absolute atomic E-state index is 12.5. The Morgan fingerprint density at radius 3 is 2.86 bits per heavy atom. The maximum atomic E-state index is 12.5. The molecule has 3 aromatic heterocycles. The smallest absolute Gasteiger partial charge is 0.292 e. The molecule has 0 bridgehead atoms. The van der Waals surface area contributed by atoms with E-state index in [2.05, 4.69) is 15.0 Å². The second-order valence-electron chi connectivity index (χ2n) is 4.19. The minimum Gasteiger partial charge on any atom is -0.292 e. The third kappa shape index (κ3) is 2.64. The van der Waals surface area contributed by atoms with Gasteiger partial charge in [-0.25, -0.2) is 9.97 Å². The summed E-state index contributed by atoms with van der Waals surface area (Å²) in [5, 5.41) is 1.48. The first-order valence-corrected chi connectivity index (χ1v) is 6.64. The highest BCUT2D eigenvalue weighted by Crippen LogP contribution is 2.30. The molecule has 0 unspecified atom stereocenters. The Hall–Kier alpha value is -2.29. The molecule has 0 saturated heterocycles. The van der Waals surface area contributed by atoms with E-state index in [1.807, 2.05) is 0 Å². The lowest BCUT2D eigenvalue weighted by Gasteiger charge is -2.04. The highest BCUT2D eigenvalue weighted by atomic mass is 32.1. The van der Waals surface area contributed by atoms with Gasteiger partial charge in [0, 0.05) is 11.6 Å². The standard InChI is InChI=1S/C12H7F3N4OS/c13-12(14,15)9-5-21-10(18-9)4-19-6-17-8-3-16-2-1-7(8)11(19)20/h1-3,5-6H,4H2. The molecule has 0 fully saturated rings. The van der Waals surface area contributed by atoms with Gasteiger partial charge in [0.1, 0.15) is 5.01 Å². The van der Waals surface area contributed by atoms with Crippen molar-refractivity contribution in [2.45, 2.75) is 12.7 Å². The van der Waals surface area contributed by atoms with Gasteiger partial charge in [0.25, 0.3) is 5.56 Å². The van der Waals surface area contributed by atoms with Crippen molar-refractivity contribution in [2.24, 2.45) is 0 Å². The van der Waals surface area contributed by atoms with Crippen LogP contribution in [0.1, 0.15) is 10.7 Å². The van der Waals surface area contributed by atoms with E-state index in [1.165, 1.54) is 29.4 Å². The Bertz CT molecular complexity index is 855. The van der Waals surface area contributed by atoms with Gasteiger partial charge in [-0.15, -0.1) is 11.3 Å². The van der Waals surface area contributed by atoms with Crippen LogP contribution in [0.5, 0.6) is 0 Å². The quantitative estimate of drug-likeness (QED) is 0.728. The Morgan fingerprint density at radius 1 is 1.33 bits per heavy atom. The van der Waals surface area contributed by atoms with Gasteiger partial charge >= 0.3 is 6.18 Å². The van der Waals surface area contributed by atoms with Crippen molar-refractivity contribution in [3.8, 4) is 0 Å². The summed E-state index contributed by atoms with van der Waals surface area (Å²) < 4.78 is 38.7. The summed E-state index contributed by atoms with van der Waals surface area (Å²) in [6.07, 6.45) is -0.291. The van der Waals surface area contributed by atoms with Gasteiger partial charge in [0.2, 0.25) is 0 Å². The number of hydrogen-bond donors (Lipinski definition) is 0. The molecular formula is C12H7F3N4OS. The highest BCUT2D eigenvalue weighted by molar-refractivity contribution is 7.09. The normalized spacial score (nSPS) is 12.0. The number of thiazole rings is 1. The van der Waals surface area contributed by atoms with Gasteiger partial charge in [0.15, 0.2) is 5.69 Å². The lowest BCUT2D eigenvalue weighted by atomic mass is 10.3. The van der Waals surface area contributed by atoms with Crippen LogP contribution in [0.2, 0.25) is 0 Å². The topological polar surface area (TPSA) is 60.7 Å². The molecule has 0 atom stereocenters. The minimum absolute atomic E-state index is 0.0508. The summed E-state index contributed by atoms with van der Waals surface area (Å²) in [6.45, 7) is -0.0508. The third-order valence-corrected chi connectivity index (χ3v) is 3.61. The van der Waals surface area contributed by atoms with Crippen LogP contribution in [-0.2, 0) is 12.7 Å². The Balaban J connectivity index is 1.97. The fraction of sp³-hybridized carbons (Fsp3) is 0.167. The monoisotopic (exact) mass is 312 g/mol. The van der Waals surface area contributed by atoms with Crippen molar-refractivity contribution in [1.29, 1.82) is 0 Å². The molecule has 0 aliphatic rings. The van der Waals surface area contributed by atoms with Crippen molar-refractivity contribution in [2.75, 3.05) is 0 Å². The first-order chi connectivity index (χ1) is 9.95. The molecule has 0 aromatic carbocycles. The number of hydrogen-bond acceptors (Lipinski definition) is 5. The SMILES string of the molecule is O=c1c2ccncc2ncn1Cc1nc(C(F)(F)F)cs1. The molecule has 3 rings (SSSR count). The molecule has 0 amide bonds. The van der Waals surface area contributed by atoms with Gasteiger partial charge in [-0.2, -0.15) is 13.2 Å². The molecule has 0 spiro atoms. The van der Waals surface area contributed by atoms with Crippen LogP contribution < -0.4 is 5.56 Å². The summed E-state index contributed by atoms with van der Waals surface area (Å²) in [7, 11) is 0. The van der Waals surface area contributed by atoms with Crippen molar-refractivity contribution in [3.63, 3.8) is 0 Å². The highest BCUT2D eigenvalue weighted by Gasteiger charge is 2.33. The molecule has 5 nitrogen and oxygen atoms in total. The van der Waals surface area contributed by atoms with E-state index >= 15 is 0 Å². The Morgan fingerprint density at radius 2 is 2.14 bits per heavy atom. The van der Waals surface area contributed by atoms with Crippen molar-refractivity contribution < 1.29 is 13.2 Å². The average Bonchev–Trinajstić information content (AvgIpc) is 2.91. The molecule has 21 heavy (non-hydrogen) atoms. The molecule has 9 heteroatoms. The van der Waals surface area contributed by atoms with Crippen molar-refractivity contribution in [3.05, 3.63) is 51.2 Å². The number of aromatic nitrogens is 4. The predicted molar refractivity (Wildman–Crippen MR) is 70.0 cm³/mol. The molecular weight excluding hydrogens is 305 g/mol. The first kappa shape index (κ1) is 13.7. The van der Waals surface area contributed by atoms with Crippen LogP contribution in [0.4, 0.5) is 13.2 Å². The Kier molecular flexibility index (Phi) is 3.20. The average molecular weight is 312 g/mol. The van der Waals surface area contributed by atoms with E-state index in [0.29, 0.717) is 10.9 Å². The maximum Gasteiger partial charge on any atom is 0.434 e. The molecule has 0 aliphatic heterocycles.